The maximum Gasteiger partial charge on any atom is 0.145 e. The van der Waals surface area contributed by atoms with E-state index in [0.29, 0.717) is 0 Å². The summed E-state index contributed by atoms with van der Waals surface area (Å²) in [6.45, 7) is 3.79. The molecule has 5 nitrogen and oxygen atoms in total. The van der Waals surface area contributed by atoms with Crippen LogP contribution in [-0.2, 0) is 7.05 Å². The zero-order valence-corrected chi connectivity index (χ0v) is 13.7. The number of rotatable bonds is 2. The molecule has 4 rings (SSSR count). The summed E-state index contributed by atoms with van der Waals surface area (Å²) in [5.41, 5.74) is 2.16. The topological polar surface area (TPSA) is 37.2 Å². The minimum absolute atomic E-state index is 0.784. The normalized spacial score (nSPS) is 15.4. The molecule has 0 spiro atoms. The van der Waals surface area contributed by atoms with Crippen molar-refractivity contribution < 1.29 is 0 Å². The first-order chi connectivity index (χ1) is 11.2. The van der Waals surface area contributed by atoms with E-state index in [2.05, 4.69) is 31.9 Å². The molecule has 0 saturated carbocycles. The molecule has 0 bridgehead atoms. The third-order valence-electron chi connectivity index (χ3n) is 4.39. The van der Waals surface area contributed by atoms with E-state index in [9.17, 15) is 0 Å². The highest BCUT2D eigenvalue weighted by Crippen LogP contribution is 2.26. The first-order valence-corrected chi connectivity index (χ1v) is 8.12. The molecular weight excluding hydrogens is 310 g/mol. The molecule has 0 unspecified atom stereocenters. The van der Waals surface area contributed by atoms with Crippen LogP contribution in [0.2, 0.25) is 5.02 Å². The van der Waals surface area contributed by atoms with Crippen molar-refractivity contribution >= 4 is 34.1 Å². The smallest absolute Gasteiger partial charge is 0.145 e. The second-order valence-electron chi connectivity index (χ2n) is 5.82. The van der Waals surface area contributed by atoms with Crippen molar-refractivity contribution in [3.63, 3.8) is 0 Å². The Labute approximate surface area is 140 Å². The second-order valence-corrected chi connectivity index (χ2v) is 6.25. The van der Waals surface area contributed by atoms with Gasteiger partial charge < -0.3 is 14.4 Å². The number of piperazine rings is 1. The fraction of sp³-hybridized carbons (Fsp3) is 0.294. The van der Waals surface area contributed by atoms with Crippen LogP contribution in [0.1, 0.15) is 0 Å². The van der Waals surface area contributed by atoms with E-state index in [-0.39, 0.29) is 0 Å². The van der Waals surface area contributed by atoms with Gasteiger partial charge in [0.2, 0.25) is 0 Å². The van der Waals surface area contributed by atoms with Crippen LogP contribution < -0.4 is 9.80 Å². The lowest BCUT2D eigenvalue weighted by Gasteiger charge is -2.37. The number of nitrogens with zero attached hydrogens (tertiary/aromatic N) is 5. The minimum atomic E-state index is 0.784. The van der Waals surface area contributed by atoms with Gasteiger partial charge in [-0.15, -0.1) is 0 Å². The molecule has 23 heavy (non-hydrogen) atoms. The van der Waals surface area contributed by atoms with Gasteiger partial charge in [0.15, 0.2) is 0 Å². The molecule has 118 valence electrons. The Morgan fingerprint density at radius 3 is 2.57 bits per heavy atom. The van der Waals surface area contributed by atoms with E-state index in [1.807, 2.05) is 36.0 Å². The number of aromatic nitrogens is 3. The molecule has 1 aromatic carbocycles. The van der Waals surface area contributed by atoms with Crippen molar-refractivity contribution in [1.29, 1.82) is 0 Å². The lowest BCUT2D eigenvalue weighted by Crippen LogP contribution is -2.46. The zero-order chi connectivity index (χ0) is 15.8. The van der Waals surface area contributed by atoms with Gasteiger partial charge in [-0.2, -0.15) is 0 Å². The predicted molar refractivity (Wildman–Crippen MR) is 94.4 cm³/mol. The van der Waals surface area contributed by atoms with Crippen molar-refractivity contribution in [3.05, 3.63) is 47.9 Å². The molecule has 2 aromatic heterocycles. The molecule has 6 heteroatoms. The average molecular weight is 328 g/mol. The van der Waals surface area contributed by atoms with Crippen molar-refractivity contribution in [1.82, 2.24) is 14.5 Å². The van der Waals surface area contributed by atoms with Gasteiger partial charge in [0.1, 0.15) is 17.8 Å². The number of anilines is 2. The van der Waals surface area contributed by atoms with Crippen LogP contribution in [0, 0.1) is 0 Å². The lowest BCUT2D eigenvalue weighted by atomic mass is 10.2. The molecule has 1 aliphatic heterocycles. The monoisotopic (exact) mass is 327 g/mol. The molecule has 0 aliphatic carbocycles. The highest BCUT2D eigenvalue weighted by Gasteiger charge is 2.20. The summed E-state index contributed by atoms with van der Waals surface area (Å²) in [6, 6.07) is 10.1. The number of aryl methyl sites for hydroxylation is 1. The summed E-state index contributed by atoms with van der Waals surface area (Å²) in [5, 5.41) is 1.90. The summed E-state index contributed by atoms with van der Waals surface area (Å²) in [4.78, 5) is 13.6. The second kappa shape index (κ2) is 5.74. The largest absolute Gasteiger partial charge is 0.368 e. The highest BCUT2D eigenvalue weighted by molar-refractivity contribution is 6.30. The van der Waals surface area contributed by atoms with Crippen molar-refractivity contribution in [2.75, 3.05) is 36.0 Å². The molecule has 1 aliphatic rings. The standard InChI is InChI=1S/C17H18ClN5/c1-21-6-5-15-16(21)19-12-20-17(15)23-9-7-22(8-10-23)14-4-2-3-13(18)11-14/h2-6,11-12H,7-10H2,1H3. The summed E-state index contributed by atoms with van der Waals surface area (Å²) in [5.74, 6) is 1.03. The van der Waals surface area contributed by atoms with Crippen LogP contribution in [0.5, 0.6) is 0 Å². The first kappa shape index (κ1) is 14.3. The predicted octanol–water partition coefficient (Wildman–Crippen LogP) is 2.95. The van der Waals surface area contributed by atoms with Gasteiger partial charge >= 0.3 is 0 Å². The number of fused-ring (bicyclic) bond motifs is 1. The van der Waals surface area contributed by atoms with Crippen molar-refractivity contribution in [2.24, 2.45) is 7.05 Å². The number of hydrogen-bond acceptors (Lipinski definition) is 4. The van der Waals surface area contributed by atoms with Gasteiger partial charge in [0.05, 0.1) is 5.39 Å². The molecule has 0 radical (unpaired) electrons. The molecule has 3 heterocycles. The molecule has 0 N–H and O–H groups in total. The fourth-order valence-electron chi connectivity index (χ4n) is 3.17. The van der Waals surface area contributed by atoms with E-state index in [0.717, 1.165) is 48.1 Å². The SMILES string of the molecule is Cn1ccc2c(N3CCN(c4cccc(Cl)c4)CC3)ncnc21. The lowest BCUT2D eigenvalue weighted by molar-refractivity contribution is 0.649. The highest BCUT2D eigenvalue weighted by atomic mass is 35.5. The van der Waals surface area contributed by atoms with Crippen LogP contribution >= 0.6 is 11.6 Å². The maximum absolute atomic E-state index is 6.10. The number of hydrogen-bond donors (Lipinski definition) is 0. The third-order valence-corrected chi connectivity index (χ3v) is 4.63. The molecule has 0 atom stereocenters. The maximum atomic E-state index is 6.10. The Morgan fingerprint density at radius 2 is 1.78 bits per heavy atom. The van der Waals surface area contributed by atoms with E-state index in [1.165, 1.54) is 5.69 Å². The Bertz CT molecular complexity index is 836. The Kier molecular flexibility index (Phi) is 3.58. The number of halogens is 1. The van der Waals surface area contributed by atoms with Gasteiger partial charge in [-0.05, 0) is 24.3 Å². The van der Waals surface area contributed by atoms with E-state index in [1.54, 1.807) is 6.33 Å². The van der Waals surface area contributed by atoms with Crippen LogP contribution in [0.25, 0.3) is 11.0 Å². The summed E-state index contributed by atoms with van der Waals surface area (Å²) < 4.78 is 2.03. The first-order valence-electron chi connectivity index (χ1n) is 7.74. The Hall–Kier alpha value is -2.27. The Balaban J connectivity index is 1.55. The molecular formula is C17H18ClN5. The summed E-state index contributed by atoms with van der Waals surface area (Å²) in [6.07, 6.45) is 3.69. The van der Waals surface area contributed by atoms with Crippen LogP contribution in [-0.4, -0.2) is 40.7 Å². The van der Waals surface area contributed by atoms with Crippen LogP contribution in [0.4, 0.5) is 11.5 Å². The van der Waals surface area contributed by atoms with E-state index in [4.69, 9.17) is 11.6 Å². The molecule has 1 fully saturated rings. The average Bonchev–Trinajstić information content (AvgIpc) is 2.97. The van der Waals surface area contributed by atoms with Crippen LogP contribution in [0.15, 0.2) is 42.9 Å². The summed E-state index contributed by atoms with van der Waals surface area (Å²) >= 11 is 6.10. The van der Waals surface area contributed by atoms with Gasteiger partial charge in [0.25, 0.3) is 0 Å². The Morgan fingerprint density at radius 1 is 1.00 bits per heavy atom. The molecule has 1 saturated heterocycles. The molecule has 3 aromatic rings. The molecule has 0 amide bonds. The minimum Gasteiger partial charge on any atom is -0.368 e. The fourth-order valence-corrected chi connectivity index (χ4v) is 3.35. The van der Waals surface area contributed by atoms with E-state index < -0.39 is 0 Å². The van der Waals surface area contributed by atoms with Gasteiger partial charge in [-0.25, -0.2) is 9.97 Å². The van der Waals surface area contributed by atoms with Crippen molar-refractivity contribution in [3.8, 4) is 0 Å². The van der Waals surface area contributed by atoms with E-state index >= 15 is 0 Å². The summed E-state index contributed by atoms with van der Waals surface area (Å²) in [7, 11) is 2.01. The van der Waals surface area contributed by atoms with Crippen molar-refractivity contribution in [2.45, 2.75) is 0 Å². The van der Waals surface area contributed by atoms with Gasteiger partial charge in [-0.1, -0.05) is 17.7 Å². The third kappa shape index (κ3) is 2.61. The quantitative estimate of drug-likeness (QED) is 0.725. The van der Waals surface area contributed by atoms with Gasteiger partial charge in [-0.3, -0.25) is 0 Å². The number of benzene rings is 1. The zero-order valence-electron chi connectivity index (χ0n) is 13.0. The van der Waals surface area contributed by atoms with Gasteiger partial charge in [0, 0.05) is 50.1 Å². The van der Waals surface area contributed by atoms with Crippen LogP contribution in [0.3, 0.4) is 0 Å².